The Hall–Kier alpha value is -2.55. The fraction of sp³-hybridized carbons (Fsp3) is 0.167. The van der Waals surface area contributed by atoms with Crippen LogP contribution >= 0.6 is 0 Å². The van der Waals surface area contributed by atoms with Gasteiger partial charge in [-0.05, 0) is 32.0 Å². The molecule has 0 amide bonds. The van der Waals surface area contributed by atoms with Crippen LogP contribution in [0.5, 0.6) is 0 Å². The first-order valence-corrected chi connectivity index (χ1v) is 7.22. The standard InChI is InChI=1S/C18H19N3/c1-3-21(16-10-8-14(2)9-11-16)20-13-15-12-19-18-7-5-4-6-17(15)18/h4-13,19H,3H2,1-2H3/b20-13+. The van der Waals surface area contributed by atoms with Gasteiger partial charge in [0, 0.05) is 29.2 Å². The number of aromatic amines is 1. The van der Waals surface area contributed by atoms with E-state index in [9.17, 15) is 0 Å². The summed E-state index contributed by atoms with van der Waals surface area (Å²) in [5.74, 6) is 0. The fourth-order valence-corrected chi connectivity index (χ4v) is 2.38. The summed E-state index contributed by atoms with van der Waals surface area (Å²) in [6.07, 6.45) is 3.92. The lowest BCUT2D eigenvalue weighted by Gasteiger charge is -2.16. The minimum Gasteiger partial charge on any atom is -0.361 e. The van der Waals surface area contributed by atoms with E-state index < -0.39 is 0 Å². The second-order valence-electron chi connectivity index (χ2n) is 5.09. The number of para-hydroxylation sites is 1. The number of nitrogens with zero attached hydrogens (tertiary/aromatic N) is 2. The van der Waals surface area contributed by atoms with E-state index in [0.29, 0.717) is 0 Å². The maximum absolute atomic E-state index is 4.62. The fourth-order valence-electron chi connectivity index (χ4n) is 2.38. The van der Waals surface area contributed by atoms with Crippen LogP contribution < -0.4 is 5.01 Å². The molecule has 3 heteroatoms. The first-order valence-electron chi connectivity index (χ1n) is 7.22. The Labute approximate surface area is 124 Å². The number of anilines is 1. The topological polar surface area (TPSA) is 31.4 Å². The molecule has 2 aromatic carbocycles. The van der Waals surface area contributed by atoms with E-state index in [2.05, 4.69) is 60.3 Å². The van der Waals surface area contributed by atoms with E-state index in [4.69, 9.17) is 0 Å². The van der Waals surface area contributed by atoms with E-state index >= 15 is 0 Å². The average Bonchev–Trinajstić information content (AvgIpc) is 2.93. The number of fused-ring (bicyclic) bond motifs is 1. The maximum Gasteiger partial charge on any atom is 0.0593 e. The van der Waals surface area contributed by atoms with Gasteiger partial charge in [-0.1, -0.05) is 35.9 Å². The zero-order chi connectivity index (χ0) is 14.7. The molecule has 0 radical (unpaired) electrons. The van der Waals surface area contributed by atoms with Gasteiger partial charge in [-0.15, -0.1) is 0 Å². The molecule has 1 heterocycles. The van der Waals surface area contributed by atoms with Gasteiger partial charge >= 0.3 is 0 Å². The molecule has 0 spiro atoms. The Morgan fingerprint density at radius 3 is 2.62 bits per heavy atom. The molecule has 0 atom stereocenters. The van der Waals surface area contributed by atoms with Crippen LogP contribution in [0.3, 0.4) is 0 Å². The van der Waals surface area contributed by atoms with Crippen molar-refractivity contribution in [3.05, 3.63) is 65.9 Å². The van der Waals surface area contributed by atoms with E-state index in [0.717, 1.165) is 23.3 Å². The van der Waals surface area contributed by atoms with Crippen LogP contribution in [-0.4, -0.2) is 17.7 Å². The molecule has 0 saturated carbocycles. The van der Waals surface area contributed by atoms with E-state index in [-0.39, 0.29) is 0 Å². The molecule has 1 N–H and O–H groups in total. The van der Waals surface area contributed by atoms with Gasteiger partial charge in [0.15, 0.2) is 0 Å². The van der Waals surface area contributed by atoms with Crippen molar-refractivity contribution < 1.29 is 0 Å². The second kappa shape index (κ2) is 5.83. The number of benzene rings is 2. The summed E-state index contributed by atoms with van der Waals surface area (Å²) in [5.41, 5.74) is 4.61. The summed E-state index contributed by atoms with van der Waals surface area (Å²) in [6, 6.07) is 16.7. The molecule has 0 unspecified atom stereocenters. The van der Waals surface area contributed by atoms with Crippen molar-refractivity contribution in [3.63, 3.8) is 0 Å². The Morgan fingerprint density at radius 2 is 1.86 bits per heavy atom. The van der Waals surface area contributed by atoms with Crippen molar-refractivity contribution >= 4 is 22.8 Å². The number of H-pyrrole nitrogens is 1. The zero-order valence-corrected chi connectivity index (χ0v) is 12.4. The normalized spacial score (nSPS) is 11.3. The van der Waals surface area contributed by atoms with Crippen molar-refractivity contribution in [1.82, 2.24) is 4.98 Å². The van der Waals surface area contributed by atoms with E-state index in [1.165, 1.54) is 10.9 Å². The second-order valence-corrected chi connectivity index (χ2v) is 5.09. The molecular weight excluding hydrogens is 258 g/mol. The van der Waals surface area contributed by atoms with Crippen LogP contribution in [0.25, 0.3) is 10.9 Å². The Bertz CT molecular complexity index is 753. The van der Waals surface area contributed by atoms with Crippen molar-refractivity contribution in [3.8, 4) is 0 Å². The van der Waals surface area contributed by atoms with Gasteiger partial charge in [0.05, 0.1) is 11.9 Å². The smallest absolute Gasteiger partial charge is 0.0593 e. The summed E-state index contributed by atoms with van der Waals surface area (Å²) in [5, 5.41) is 7.82. The van der Waals surface area contributed by atoms with Crippen LogP contribution in [0.1, 0.15) is 18.1 Å². The van der Waals surface area contributed by atoms with Crippen molar-refractivity contribution in [1.29, 1.82) is 0 Å². The molecule has 21 heavy (non-hydrogen) atoms. The van der Waals surface area contributed by atoms with Crippen molar-refractivity contribution in [2.24, 2.45) is 5.10 Å². The van der Waals surface area contributed by atoms with E-state index in [1.807, 2.05) is 29.6 Å². The number of hydrazone groups is 1. The van der Waals surface area contributed by atoms with E-state index in [1.54, 1.807) is 0 Å². The highest BCUT2D eigenvalue weighted by molar-refractivity contribution is 5.99. The van der Waals surface area contributed by atoms with Crippen LogP contribution in [-0.2, 0) is 0 Å². The van der Waals surface area contributed by atoms with Gasteiger partial charge in [0.1, 0.15) is 0 Å². The summed E-state index contributed by atoms with van der Waals surface area (Å²) in [7, 11) is 0. The molecule has 0 aliphatic rings. The molecule has 3 aromatic rings. The number of hydrogen-bond acceptors (Lipinski definition) is 2. The molecule has 3 nitrogen and oxygen atoms in total. The summed E-state index contributed by atoms with van der Waals surface area (Å²) >= 11 is 0. The number of rotatable bonds is 4. The molecule has 106 valence electrons. The molecular formula is C18H19N3. The van der Waals surface area contributed by atoms with Crippen LogP contribution in [0.15, 0.2) is 59.8 Å². The lowest BCUT2D eigenvalue weighted by atomic mass is 10.2. The van der Waals surface area contributed by atoms with Crippen LogP contribution in [0.4, 0.5) is 5.69 Å². The van der Waals surface area contributed by atoms with Crippen LogP contribution in [0.2, 0.25) is 0 Å². The number of aryl methyl sites for hydroxylation is 1. The Kier molecular flexibility index (Phi) is 3.73. The molecule has 0 bridgehead atoms. The highest BCUT2D eigenvalue weighted by Gasteiger charge is 2.03. The lowest BCUT2D eigenvalue weighted by Crippen LogP contribution is -2.15. The number of nitrogens with one attached hydrogen (secondary N) is 1. The molecule has 0 fully saturated rings. The number of aromatic nitrogens is 1. The summed E-state index contributed by atoms with van der Waals surface area (Å²) < 4.78 is 0. The van der Waals surface area contributed by atoms with Crippen molar-refractivity contribution in [2.75, 3.05) is 11.6 Å². The van der Waals surface area contributed by atoms with Gasteiger partial charge in [-0.3, -0.25) is 5.01 Å². The van der Waals surface area contributed by atoms with Gasteiger partial charge in [0.2, 0.25) is 0 Å². The minimum atomic E-state index is 0.835. The molecule has 0 saturated heterocycles. The average molecular weight is 277 g/mol. The first kappa shape index (κ1) is 13.4. The monoisotopic (exact) mass is 277 g/mol. The quantitative estimate of drug-likeness (QED) is 0.558. The van der Waals surface area contributed by atoms with Crippen LogP contribution in [0, 0.1) is 6.92 Å². The van der Waals surface area contributed by atoms with Gasteiger partial charge in [-0.2, -0.15) is 5.10 Å². The highest BCUT2D eigenvalue weighted by atomic mass is 15.4. The molecule has 1 aromatic heterocycles. The number of hydrogen-bond donors (Lipinski definition) is 1. The Balaban J connectivity index is 1.88. The van der Waals surface area contributed by atoms with Gasteiger partial charge in [0.25, 0.3) is 0 Å². The summed E-state index contributed by atoms with van der Waals surface area (Å²) in [4.78, 5) is 3.27. The third-order valence-electron chi connectivity index (χ3n) is 3.59. The lowest BCUT2D eigenvalue weighted by molar-refractivity contribution is 0.897. The predicted octanol–water partition coefficient (Wildman–Crippen LogP) is 4.34. The molecule has 0 aliphatic carbocycles. The minimum absolute atomic E-state index is 0.835. The third-order valence-corrected chi connectivity index (χ3v) is 3.59. The summed E-state index contributed by atoms with van der Waals surface area (Å²) in [6.45, 7) is 5.03. The predicted molar refractivity (Wildman–Crippen MR) is 90.1 cm³/mol. The van der Waals surface area contributed by atoms with Gasteiger partial charge < -0.3 is 4.98 Å². The third kappa shape index (κ3) is 2.82. The zero-order valence-electron chi connectivity index (χ0n) is 12.4. The Morgan fingerprint density at radius 1 is 1.10 bits per heavy atom. The molecule has 3 rings (SSSR count). The first-order chi connectivity index (χ1) is 10.3. The maximum atomic E-state index is 4.62. The largest absolute Gasteiger partial charge is 0.361 e. The van der Waals surface area contributed by atoms with Crippen molar-refractivity contribution in [2.45, 2.75) is 13.8 Å². The SMILES string of the molecule is CCN(/N=C/c1c[nH]c2ccccc12)c1ccc(C)cc1. The molecule has 0 aliphatic heterocycles. The van der Waals surface area contributed by atoms with Gasteiger partial charge in [-0.25, -0.2) is 0 Å². The highest BCUT2D eigenvalue weighted by Crippen LogP contribution is 2.18.